The van der Waals surface area contributed by atoms with E-state index in [4.69, 9.17) is 6.42 Å². The highest BCUT2D eigenvalue weighted by Crippen LogP contribution is 2.18. The Balaban J connectivity index is 2.26. The van der Waals surface area contributed by atoms with Gasteiger partial charge in [0.15, 0.2) is 0 Å². The van der Waals surface area contributed by atoms with Crippen molar-refractivity contribution in [3.8, 4) is 12.3 Å². The van der Waals surface area contributed by atoms with Crippen molar-refractivity contribution in [3.63, 3.8) is 0 Å². The van der Waals surface area contributed by atoms with E-state index in [2.05, 4.69) is 41.5 Å². The number of benzene rings is 1. The first kappa shape index (κ1) is 12.7. The summed E-state index contributed by atoms with van der Waals surface area (Å²) in [5.41, 5.74) is 2.28. The van der Waals surface area contributed by atoms with Crippen LogP contribution in [-0.4, -0.2) is 16.3 Å². The van der Waals surface area contributed by atoms with Gasteiger partial charge in [-0.1, -0.05) is 25.1 Å². The van der Waals surface area contributed by atoms with Crippen molar-refractivity contribution in [2.75, 3.05) is 6.54 Å². The van der Waals surface area contributed by atoms with Gasteiger partial charge in [-0.15, -0.1) is 12.3 Å². The molecular formula is C15H19N3. The number of rotatable bonds is 6. The summed E-state index contributed by atoms with van der Waals surface area (Å²) >= 11 is 0. The van der Waals surface area contributed by atoms with Crippen LogP contribution in [0.1, 0.15) is 25.5 Å². The SMILES string of the molecule is C#CCCn1nc(CNCCC)c2ccccc21. The standard InChI is InChI=1S/C15H19N3/c1-3-5-11-18-15-9-7-6-8-13(15)14(17-18)12-16-10-4-2/h1,6-9,16H,4-5,10-12H2,2H3. The van der Waals surface area contributed by atoms with Crippen molar-refractivity contribution < 1.29 is 0 Å². The minimum atomic E-state index is 0.716. The van der Waals surface area contributed by atoms with Crippen LogP contribution in [0.4, 0.5) is 0 Å². The fourth-order valence-corrected chi connectivity index (χ4v) is 2.05. The van der Waals surface area contributed by atoms with Crippen molar-refractivity contribution >= 4 is 10.9 Å². The number of nitrogens with zero attached hydrogens (tertiary/aromatic N) is 2. The molecule has 0 radical (unpaired) electrons. The number of para-hydroxylation sites is 1. The maximum atomic E-state index is 5.32. The monoisotopic (exact) mass is 241 g/mol. The molecule has 0 fully saturated rings. The highest BCUT2D eigenvalue weighted by Gasteiger charge is 2.08. The molecule has 0 bridgehead atoms. The molecule has 94 valence electrons. The molecule has 2 rings (SSSR count). The number of aryl methyl sites for hydroxylation is 1. The first-order valence-electron chi connectivity index (χ1n) is 6.45. The van der Waals surface area contributed by atoms with E-state index in [-0.39, 0.29) is 0 Å². The molecule has 0 aliphatic carbocycles. The zero-order valence-electron chi connectivity index (χ0n) is 10.8. The first-order valence-corrected chi connectivity index (χ1v) is 6.45. The van der Waals surface area contributed by atoms with Crippen LogP contribution in [0.2, 0.25) is 0 Å². The molecule has 1 aromatic heterocycles. The number of nitrogens with one attached hydrogen (secondary N) is 1. The van der Waals surface area contributed by atoms with Gasteiger partial charge in [-0.25, -0.2) is 0 Å². The Morgan fingerprint density at radius 2 is 2.22 bits per heavy atom. The molecule has 2 aromatic rings. The molecule has 0 amide bonds. The highest BCUT2D eigenvalue weighted by molar-refractivity contribution is 5.81. The van der Waals surface area contributed by atoms with Gasteiger partial charge >= 0.3 is 0 Å². The molecule has 1 N–H and O–H groups in total. The second-order valence-electron chi connectivity index (χ2n) is 4.32. The Kier molecular flexibility index (Phi) is 4.38. The lowest BCUT2D eigenvalue weighted by Gasteiger charge is -1.99. The van der Waals surface area contributed by atoms with Gasteiger partial charge in [-0.2, -0.15) is 5.10 Å². The van der Waals surface area contributed by atoms with E-state index >= 15 is 0 Å². The van der Waals surface area contributed by atoms with Crippen LogP contribution in [0.3, 0.4) is 0 Å². The number of hydrogen-bond donors (Lipinski definition) is 1. The Morgan fingerprint density at radius 3 is 3.00 bits per heavy atom. The summed E-state index contributed by atoms with van der Waals surface area (Å²) in [6.45, 7) is 4.78. The molecule has 0 saturated heterocycles. The second-order valence-corrected chi connectivity index (χ2v) is 4.32. The van der Waals surface area contributed by atoms with Crippen LogP contribution in [0.15, 0.2) is 24.3 Å². The maximum Gasteiger partial charge on any atom is 0.0841 e. The summed E-state index contributed by atoms with van der Waals surface area (Å²) in [7, 11) is 0. The summed E-state index contributed by atoms with van der Waals surface area (Å²) in [6.07, 6.45) is 7.17. The van der Waals surface area contributed by atoms with Gasteiger partial charge in [0.1, 0.15) is 0 Å². The summed E-state index contributed by atoms with van der Waals surface area (Å²) in [4.78, 5) is 0. The molecule has 1 aromatic carbocycles. The summed E-state index contributed by atoms with van der Waals surface area (Å²) < 4.78 is 2.01. The molecule has 3 nitrogen and oxygen atoms in total. The third-order valence-corrected chi connectivity index (χ3v) is 2.92. The summed E-state index contributed by atoms with van der Waals surface area (Å²) in [5, 5.41) is 9.27. The fourth-order valence-electron chi connectivity index (χ4n) is 2.05. The molecule has 0 unspecified atom stereocenters. The van der Waals surface area contributed by atoms with Crippen molar-refractivity contribution in [1.29, 1.82) is 0 Å². The van der Waals surface area contributed by atoms with Gasteiger partial charge < -0.3 is 5.32 Å². The van der Waals surface area contributed by atoms with Crippen LogP contribution in [0, 0.1) is 12.3 Å². The van der Waals surface area contributed by atoms with Crippen LogP contribution in [0.25, 0.3) is 10.9 Å². The molecule has 0 aliphatic heterocycles. The van der Waals surface area contributed by atoms with E-state index in [0.717, 1.165) is 31.7 Å². The highest BCUT2D eigenvalue weighted by atomic mass is 15.3. The molecular weight excluding hydrogens is 222 g/mol. The molecule has 0 aliphatic rings. The van der Waals surface area contributed by atoms with Gasteiger partial charge in [0.05, 0.1) is 17.8 Å². The normalized spacial score (nSPS) is 10.7. The van der Waals surface area contributed by atoms with Gasteiger partial charge in [0.25, 0.3) is 0 Å². The molecule has 1 heterocycles. The number of hydrogen-bond acceptors (Lipinski definition) is 2. The number of aromatic nitrogens is 2. The predicted molar refractivity (Wildman–Crippen MR) is 75.2 cm³/mol. The Bertz CT molecular complexity index is 548. The van der Waals surface area contributed by atoms with Crippen LogP contribution in [-0.2, 0) is 13.1 Å². The molecule has 18 heavy (non-hydrogen) atoms. The summed E-state index contributed by atoms with van der Waals surface area (Å²) in [6, 6.07) is 8.32. The number of fused-ring (bicyclic) bond motifs is 1. The van der Waals surface area contributed by atoms with Gasteiger partial charge in [0, 0.05) is 18.4 Å². The lowest BCUT2D eigenvalue weighted by molar-refractivity contribution is 0.613. The van der Waals surface area contributed by atoms with E-state index in [1.54, 1.807) is 0 Å². The molecule has 3 heteroatoms. The third kappa shape index (κ3) is 2.72. The topological polar surface area (TPSA) is 29.9 Å². The van der Waals surface area contributed by atoms with E-state index in [1.807, 2.05) is 10.7 Å². The fraction of sp³-hybridized carbons (Fsp3) is 0.400. The zero-order valence-corrected chi connectivity index (χ0v) is 10.8. The third-order valence-electron chi connectivity index (χ3n) is 2.92. The smallest absolute Gasteiger partial charge is 0.0841 e. The quantitative estimate of drug-likeness (QED) is 0.622. The van der Waals surface area contributed by atoms with Crippen molar-refractivity contribution in [2.24, 2.45) is 0 Å². The Morgan fingerprint density at radius 1 is 1.39 bits per heavy atom. The Hall–Kier alpha value is -1.79. The first-order chi connectivity index (χ1) is 8.86. The lowest BCUT2D eigenvalue weighted by Crippen LogP contribution is -2.14. The van der Waals surface area contributed by atoms with Crippen LogP contribution < -0.4 is 5.32 Å². The largest absolute Gasteiger partial charge is 0.311 e. The molecule has 0 atom stereocenters. The molecule has 0 saturated carbocycles. The van der Waals surface area contributed by atoms with E-state index in [0.29, 0.717) is 6.42 Å². The zero-order chi connectivity index (χ0) is 12.8. The number of terminal acetylenes is 1. The van der Waals surface area contributed by atoms with E-state index in [1.165, 1.54) is 10.9 Å². The minimum absolute atomic E-state index is 0.716. The average Bonchev–Trinajstić information content (AvgIpc) is 2.76. The van der Waals surface area contributed by atoms with Crippen molar-refractivity contribution in [2.45, 2.75) is 32.9 Å². The lowest BCUT2D eigenvalue weighted by atomic mass is 10.2. The summed E-state index contributed by atoms with van der Waals surface area (Å²) in [5.74, 6) is 2.67. The minimum Gasteiger partial charge on any atom is -0.311 e. The van der Waals surface area contributed by atoms with Gasteiger partial charge in [-0.3, -0.25) is 4.68 Å². The predicted octanol–water partition coefficient (Wildman–Crippen LogP) is 2.56. The molecule has 0 spiro atoms. The Labute approximate surface area is 108 Å². The average molecular weight is 241 g/mol. The van der Waals surface area contributed by atoms with Crippen molar-refractivity contribution in [1.82, 2.24) is 15.1 Å². The van der Waals surface area contributed by atoms with E-state index in [9.17, 15) is 0 Å². The maximum absolute atomic E-state index is 5.32. The van der Waals surface area contributed by atoms with Crippen LogP contribution in [0.5, 0.6) is 0 Å². The van der Waals surface area contributed by atoms with Gasteiger partial charge in [0.2, 0.25) is 0 Å². The van der Waals surface area contributed by atoms with Crippen LogP contribution >= 0.6 is 0 Å². The second kappa shape index (κ2) is 6.23. The van der Waals surface area contributed by atoms with E-state index < -0.39 is 0 Å². The van der Waals surface area contributed by atoms with Crippen molar-refractivity contribution in [3.05, 3.63) is 30.0 Å². The van der Waals surface area contributed by atoms with Gasteiger partial charge in [-0.05, 0) is 19.0 Å².